The number of rotatable bonds is 9. The molecular formula is C15H26N2O. The Morgan fingerprint density at radius 3 is 2.61 bits per heavy atom. The van der Waals surface area contributed by atoms with Crippen molar-refractivity contribution in [3.63, 3.8) is 0 Å². The number of aromatic nitrogens is 1. The lowest BCUT2D eigenvalue weighted by Gasteiger charge is -2.08. The Bertz CT molecular complexity index is 309. The topological polar surface area (TPSA) is 34.1 Å². The second-order valence-electron chi connectivity index (χ2n) is 5.01. The minimum atomic E-state index is 0.599. The van der Waals surface area contributed by atoms with E-state index < -0.39 is 0 Å². The van der Waals surface area contributed by atoms with Gasteiger partial charge in [-0.3, -0.25) is 4.98 Å². The van der Waals surface area contributed by atoms with Crippen molar-refractivity contribution in [3.8, 4) is 5.75 Å². The molecule has 18 heavy (non-hydrogen) atoms. The molecule has 1 aromatic heterocycles. The van der Waals surface area contributed by atoms with Crippen molar-refractivity contribution in [2.24, 2.45) is 0 Å². The van der Waals surface area contributed by atoms with Gasteiger partial charge < -0.3 is 10.1 Å². The van der Waals surface area contributed by atoms with Gasteiger partial charge in [0.2, 0.25) is 0 Å². The third-order valence-electron chi connectivity index (χ3n) is 2.78. The molecular weight excluding hydrogens is 224 g/mol. The van der Waals surface area contributed by atoms with Crippen LogP contribution in [0.3, 0.4) is 0 Å². The maximum Gasteiger partial charge on any atom is 0.137 e. The molecule has 0 saturated heterocycles. The molecule has 0 spiro atoms. The molecule has 1 N–H and O–H groups in total. The molecule has 1 rings (SSSR count). The maximum absolute atomic E-state index is 5.63. The summed E-state index contributed by atoms with van der Waals surface area (Å²) in [7, 11) is 0. The number of nitrogens with zero attached hydrogens (tertiary/aromatic N) is 1. The van der Waals surface area contributed by atoms with Gasteiger partial charge in [-0.05, 0) is 38.4 Å². The zero-order valence-electron chi connectivity index (χ0n) is 11.9. The second kappa shape index (κ2) is 8.92. The zero-order valence-corrected chi connectivity index (χ0v) is 11.9. The van der Waals surface area contributed by atoms with Crippen molar-refractivity contribution in [3.05, 3.63) is 24.0 Å². The normalized spacial score (nSPS) is 10.9. The SMILES string of the molecule is Cc1ccc(OCCCCCCNC(C)C)cn1. The van der Waals surface area contributed by atoms with E-state index >= 15 is 0 Å². The average Bonchev–Trinajstić information content (AvgIpc) is 2.34. The Labute approximate surface area is 111 Å². The van der Waals surface area contributed by atoms with Crippen LogP contribution in [0.4, 0.5) is 0 Å². The number of aryl methyl sites for hydroxylation is 1. The van der Waals surface area contributed by atoms with Crippen molar-refractivity contribution in [2.75, 3.05) is 13.2 Å². The van der Waals surface area contributed by atoms with Gasteiger partial charge in [-0.1, -0.05) is 26.7 Å². The molecule has 0 unspecified atom stereocenters. The lowest BCUT2D eigenvalue weighted by Crippen LogP contribution is -2.23. The van der Waals surface area contributed by atoms with Gasteiger partial charge >= 0.3 is 0 Å². The van der Waals surface area contributed by atoms with Crippen LogP contribution in [-0.2, 0) is 0 Å². The van der Waals surface area contributed by atoms with E-state index in [4.69, 9.17) is 4.74 Å². The van der Waals surface area contributed by atoms with Gasteiger partial charge in [0.05, 0.1) is 12.8 Å². The van der Waals surface area contributed by atoms with E-state index in [1.807, 2.05) is 19.1 Å². The summed E-state index contributed by atoms with van der Waals surface area (Å²) in [5.41, 5.74) is 1.03. The van der Waals surface area contributed by atoms with Crippen LogP contribution >= 0.6 is 0 Å². The minimum absolute atomic E-state index is 0.599. The Hall–Kier alpha value is -1.09. The smallest absolute Gasteiger partial charge is 0.137 e. The standard InChI is InChI=1S/C15H26N2O/c1-13(2)16-10-6-4-5-7-11-18-15-9-8-14(3)17-12-15/h8-9,12-13,16H,4-7,10-11H2,1-3H3. The molecule has 0 aromatic carbocycles. The number of nitrogens with one attached hydrogen (secondary N) is 1. The van der Waals surface area contributed by atoms with Crippen molar-refractivity contribution >= 4 is 0 Å². The Morgan fingerprint density at radius 1 is 1.17 bits per heavy atom. The van der Waals surface area contributed by atoms with E-state index in [1.165, 1.54) is 19.3 Å². The predicted octanol–water partition coefficient (Wildman–Crippen LogP) is 3.33. The van der Waals surface area contributed by atoms with E-state index in [1.54, 1.807) is 6.20 Å². The maximum atomic E-state index is 5.63. The van der Waals surface area contributed by atoms with E-state index in [9.17, 15) is 0 Å². The quantitative estimate of drug-likeness (QED) is 0.683. The molecule has 102 valence electrons. The third kappa shape index (κ3) is 7.28. The van der Waals surface area contributed by atoms with Gasteiger partial charge in [0, 0.05) is 11.7 Å². The molecule has 0 saturated carbocycles. The Morgan fingerprint density at radius 2 is 1.94 bits per heavy atom. The fourth-order valence-electron chi connectivity index (χ4n) is 1.70. The molecule has 0 bridgehead atoms. The van der Waals surface area contributed by atoms with E-state index in [2.05, 4.69) is 24.1 Å². The highest BCUT2D eigenvalue weighted by molar-refractivity contribution is 5.18. The molecule has 3 nitrogen and oxygen atoms in total. The van der Waals surface area contributed by atoms with Crippen LogP contribution in [0.15, 0.2) is 18.3 Å². The molecule has 0 aliphatic carbocycles. The van der Waals surface area contributed by atoms with Crippen LogP contribution in [-0.4, -0.2) is 24.2 Å². The Balaban J connectivity index is 1.94. The summed E-state index contributed by atoms with van der Waals surface area (Å²) in [6.45, 7) is 8.27. The molecule has 0 fully saturated rings. The van der Waals surface area contributed by atoms with Crippen molar-refractivity contribution < 1.29 is 4.74 Å². The lowest BCUT2D eigenvalue weighted by atomic mass is 10.2. The number of hydrogen-bond acceptors (Lipinski definition) is 3. The average molecular weight is 250 g/mol. The largest absolute Gasteiger partial charge is 0.492 e. The molecule has 1 heterocycles. The van der Waals surface area contributed by atoms with Crippen molar-refractivity contribution in [2.45, 2.75) is 52.5 Å². The van der Waals surface area contributed by atoms with Crippen LogP contribution in [0.2, 0.25) is 0 Å². The summed E-state index contributed by atoms with van der Waals surface area (Å²) in [6.07, 6.45) is 6.68. The summed E-state index contributed by atoms with van der Waals surface area (Å²) < 4.78 is 5.63. The predicted molar refractivity (Wildman–Crippen MR) is 76.1 cm³/mol. The fraction of sp³-hybridized carbons (Fsp3) is 0.667. The van der Waals surface area contributed by atoms with E-state index in [0.717, 1.165) is 31.0 Å². The lowest BCUT2D eigenvalue weighted by molar-refractivity contribution is 0.303. The molecule has 0 aliphatic heterocycles. The van der Waals surface area contributed by atoms with Gasteiger partial charge in [-0.2, -0.15) is 0 Å². The zero-order chi connectivity index (χ0) is 13.2. The van der Waals surface area contributed by atoms with E-state index in [0.29, 0.717) is 6.04 Å². The summed E-state index contributed by atoms with van der Waals surface area (Å²) in [5.74, 6) is 0.877. The highest BCUT2D eigenvalue weighted by Gasteiger charge is 1.95. The van der Waals surface area contributed by atoms with Gasteiger partial charge in [0.1, 0.15) is 5.75 Å². The minimum Gasteiger partial charge on any atom is -0.492 e. The first-order chi connectivity index (χ1) is 8.68. The van der Waals surface area contributed by atoms with Gasteiger partial charge in [0.15, 0.2) is 0 Å². The Kier molecular flexibility index (Phi) is 7.42. The van der Waals surface area contributed by atoms with Crippen molar-refractivity contribution in [1.29, 1.82) is 0 Å². The third-order valence-corrected chi connectivity index (χ3v) is 2.78. The summed E-state index contributed by atoms with van der Waals surface area (Å²) in [4.78, 5) is 4.20. The number of ether oxygens (including phenoxy) is 1. The molecule has 0 radical (unpaired) electrons. The second-order valence-corrected chi connectivity index (χ2v) is 5.01. The van der Waals surface area contributed by atoms with Gasteiger partial charge in [-0.25, -0.2) is 0 Å². The molecule has 1 aromatic rings. The first-order valence-electron chi connectivity index (χ1n) is 6.97. The summed E-state index contributed by atoms with van der Waals surface area (Å²) in [5, 5.41) is 3.43. The highest BCUT2D eigenvalue weighted by atomic mass is 16.5. The van der Waals surface area contributed by atoms with Crippen LogP contribution in [0.5, 0.6) is 5.75 Å². The van der Waals surface area contributed by atoms with Gasteiger partial charge in [0.25, 0.3) is 0 Å². The summed E-state index contributed by atoms with van der Waals surface area (Å²) >= 11 is 0. The summed E-state index contributed by atoms with van der Waals surface area (Å²) in [6, 6.07) is 4.56. The number of hydrogen-bond donors (Lipinski definition) is 1. The molecule has 0 atom stereocenters. The van der Waals surface area contributed by atoms with Crippen LogP contribution < -0.4 is 10.1 Å². The fourth-order valence-corrected chi connectivity index (χ4v) is 1.70. The molecule has 3 heteroatoms. The van der Waals surface area contributed by atoms with Crippen molar-refractivity contribution in [1.82, 2.24) is 10.3 Å². The molecule has 0 aliphatic rings. The molecule has 0 amide bonds. The highest BCUT2D eigenvalue weighted by Crippen LogP contribution is 2.09. The monoisotopic (exact) mass is 250 g/mol. The van der Waals surface area contributed by atoms with Crippen LogP contribution in [0.25, 0.3) is 0 Å². The van der Waals surface area contributed by atoms with Crippen LogP contribution in [0.1, 0.15) is 45.2 Å². The number of pyridine rings is 1. The first kappa shape index (κ1) is 15.0. The van der Waals surface area contributed by atoms with Crippen LogP contribution in [0, 0.1) is 6.92 Å². The first-order valence-corrected chi connectivity index (χ1v) is 6.97. The van der Waals surface area contributed by atoms with E-state index in [-0.39, 0.29) is 0 Å². The number of unbranched alkanes of at least 4 members (excludes halogenated alkanes) is 3. The van der Waals surface area contributed by atoms with Gasteiger partial charge in [-0.15, -0.1) is 0 Å².